The van der Waals surface area contributed by atoms with Gasteiger partial charge in [0.2, 0.25) is 6.79 Å². The third kappa shape index (κ3) is 1.72. The van der Waals surface area contributed by atoms with E-state index in [1.165, 1.54) is 18.2 Å². The fourth-order valence-corrected chi connectivity index (χ4v) is 2.68. The molecule has 22 heavy (non-hydrogen) atoms. The van der Waals surface area contributed by atoms with Crippen molar-refractivity contribution >= 4 is 17.1 Å². The van der Waals surface area contributed by atoms with Crippen molar-refractivity contribution in [3.8, 4) is 17.2 Å². The summed E-state index contributed by atoms with van der Waals surface area (Å²) in [5.41, 5.74) is 1.12. The third-order valence-electron chi connectivity index (χ3n) is 3.74. The van der Waals surface area contributed by atoms with E-state index in [9.17, 15) is 14.7 Å². The van der Waals surface area contributed by atoms with Crippen LogP contribution in [0.25, 0.3) is 5.57 Å². The Bertz CT molecular complexity index is 863. The lowest BCUT2D eigenvalue weighted by Gasteiger charge is -2.16. The number of Topliss-reactive ketones (excluding diaryl/α,β-unsaturated/α-hetero) is 1. The van der Waals surface area contributed by atoms with Gasteiger partial charge in [0.25, 0.3) is 0 Å². The van der Waals surface area contributed by atoms with Crippen molar-refractivity contribution in [2.24, 2.45) is 0 Å². The number of hydrogen-bond acceptors (Lipinski definition) is 5. The molecule has 0 radical (unpaired) electrons. The Morgan fingerprint density at radius 3 is 2.68 bits per heavy atom. The summed E-state index contributed by atoms with van der Waals surface area (Å²) in [5, 5.41) is 9.79. The second kappa shape index (κ2) is 4.46. The molecule has 2 aliphatic rings. The summed E-state index contributed by atoms with van der Waals surface area (Å²) < 4.78 is 10.5. The maximum Gasteiger partial charge on any atom is 0.231 e. The molecule has 0 aromatic heterocycles. The number of benzene rings is 2. The van der Waals surface area contributed by atoms with Crippen LogP contribution in [0.1, 0.15) is 26.3 Å². The minimum Gasteiger partial charge on any atom is -0.507 e. The second-order valence-electron chi connectivity index (χ2n) is 5.02. The lowest BCUT2D eigenvalue weighted by atomic mass is 9.86. The van der Waals surface area contributed by atoms with Crippen LogP contribution in [0.4, 0.5) is 0 Å². The molecule has 1 aliphatic carbocycles. The van der Waals surface area contributed by atoms with E-state index in [2.05, 4.69) is 0 Å². The first-order valence-corrected chi connectivity index (χ1v) is 6.68. The molecule has 0 fully saturated rings. The zero-order valence-electron chi connectivity index (χ0n) is 11.3. The van der Waals surface area contributed by atoms with Gasteiger partial charge in [-0.1, -0.05) is 18.2 Å². The molecule has 0 atom stereocenters. The summed E-state index contributed by atoms with van der Waals surface area (Å²) in [4.78, 5) is 24.8. The topological polar surface area (TPSA) is 72.8 Å². The van der Waals surface area contributed by atoms with Crippen LogP contribution in [-0.4, -0.2) is 23.5 Å². The van der Waals surface area contributed by atoms with E-state index in [-0.39, 0.29) is 40.8 Å². The smallest absolute Gasteiger partial charge is 0.231 e. The maximum absolute atomic E-state index is 12.6. The summed E-state index contributed by atoms with van der Waals surface area (Å²) in [6.07, 6.45) is 1.25. The van der Waals surface area contributed by atoms with Gasteiger partial charge in [0.05, 0.1) is 5.56 Å². The zero-order chi connectivity index (χ0) is 15.3. The number of aromatic hydroxyl groups is 1. The lowest BCUT2D eigenvalue weighted by molar-refractivity contribution is 0.0999. The summed E-state index contributed by atoms with van der Waals surface area (Å²) in [6.45, 7) is 0.140. The molecule has 5 heteroatoms. The minimum absolute atomic E-state index is 0.0528. The van der Waals surface area contributed by atoms with E-state index < -0.39 is 0 Å². The monoisotopic (exact) mass is 294 g/mol. The van der Waals surface area contributed by atoms with Crippen molar-refractivity contribution in [2.75, 3.05) is 6.79 Å². The summed E-state index contributed by atoms with van der Waals surface area (Å²) in [7, 11) is 0. The summed E-state index contributed by atoms with van der Waals surface area (Å²) in [6, 6.07) is 9.56. The van der Waals surface area contributed by atoms with Gasteiger partial charge in [-0.15, -0.1) is 0 Å². The number of ether oxygens (including phenoxy) is 2. The molecule has 1 heterocycles. The zero-order valence-corrected chi connectivity index (χ0v) is 11.3. The molecule has 0 amide bonds. The van der Waals surface area contributed by atoms with E-state index in [4.69, 9.17) is 9.47 Å². The molecule has 0 spiro atoms. The summed E-state index contributed by atoms with van der Waals surface area (Å²) in [5.74, 6) is 0.277. The number of phenols is 1. The fraction of sp³-hybridized carbons (Fsp3) is 0.0588. The van der Waals surface area contributed by atoms with Gasteiger partial charge in [-0.3, -0.25) is 9.59 Å². The average Bonchev–Trinajstić information content (AvgIpc) is 2.98. The fourth-order valence-electron chi connectivity index (χ4n) is 2.68. The van der Waals surface area contributed by atoms with Crippen LogP contribution in [0, 0.1) is 0 Å². The lowest BCUT2D eigenvalue weighted by Crippen LogP contribution is -2.16. The number of phenolic OH excluding ortho intramolecular Hbond substituents is 1. The molecule has 2 aromatic rings. The first-order chi connectivity index (χ1) is 10.6. The Morgan fingerprint density at radius 1 is 1.00 bits per heavy atom. The van der Waals surface area contributed by atoms with Crippen molar-refractivity contribution in [3.63, 3.8) is 0 Å². The minimum atomic E-state index is -0.389. The number of carbonyl (C=O) groups is 2. The van der Waals surface area contributed by atoms with Gasteiger partial charge in [-0.2, -0.15) is 0 Å². The van der Waals surface area contributed by atoms with Gasteiger partial charge in [-0.25, -0.2) is 0 Å². The van der Waals surface area contributed by atoms with Crippen LogP contribution < -0.4 is 9.47 Å². The predicted octanol–water partition coefficient (Wildman–Crippen LogP) is 2.58. The Labute approximate surface area is 125 Å². The van der Waals surface area contributed by atoms with Crippen molar-refractivity contribution in [1.82, 2.24) is 0 Å². The molecular formula is C17H10O5. The number of carbonyl (C=O) groups excluding carboxylic acids is 2. The van der Waals surface area contributed by atoms with Gasteiger partial charge >= 0.3 is 0 Å². The van der Waals surface area contributed by atoms with Crippen LogP contribution in [0.3, 0.4) is 0 Å². The van der Waals surface area contributed by atoms with E-state index in [0.717, 1.165) is 0 Å². The van der Waals surface area contributed by atoms with Gasteiger partial charge in [0.15, 0.2) is 23.1 Å². The molecule has 0 saturated heterocycles. The summed E-state index contributed by atoms with van der Waals surface area (Å²) >= 11 is 0. The standard InChI is InChI=1S/C17H10O5/c18-12-3-1-2-10-16(12)13(19)7-11(17(10)20)9-4-5-14-15(6-9)22-8-21-14/h1-7,18H,8H2. The van der Waals surface area contributed by atoms with Gasteiger partial charge in [0, 0.05) is 11.1 Å². The number of ketones is 2. The van der Waals surface area contributed by atoms with Crippen LogP contribution in [0.5, 0.6) is 17.2 Å². The van der Waals surface area contributed by atoms with E-state index in [1.54, 1.807) is 24.3 Å². The number of hydrogen-bond donors (Lipinski definition) is 1. The maximum atomic E-state index is 12.6. The molecule has 1 N–H and O–H groups in total. The largest absolute Gasteiger partial charge is 0.507 e. The van der Waals surface area contributed by atoms with Crippen molar-refractivity contribution in [3.05, 3.63) is 59.2 Å². The van der Waals surface area contributed by atoms with Gasteiger partial charge in [-0.05, 0) is 29.8 Å². The molecule has 4 rings (SSSR count). The van der Waals surface area contributed by atoms with E-state index in [1.807, 2.05) is 0 Å². The highest BCUT2D eigenvalue weighted by atomic mass is 16.7. The molecule has 108 valence electrons. The van der Waals surface area contributed by atoms with E-state index >= 15 is 0 Å². The normalized spacial score (nSPS) is 15.5. The SMILES string of the molecule is O=C1C(c2ccc3c(c2)OCO3)=CC(=O)c2c(O)cccc21. The van der Waals surface area contributed by atoms with Crippen molar-refractivity contribution in [1.29, 1.82) is 0 Å². The number of fused-ring (bicyclic) bond motifs is 2. The Balaban J connectivity index is 1.84. The molecule has 0 saturated carbocycles. The second-order valence-corrected chi connectivity index (χ2v) is 5.02. The predicted molar refractivity (Wildman–Crippen MR) is 77.3 cm³/mol. The third-order valence-corrected chi connectivity index (χ3v) is 3.74. The highest BCUT2D eigenvalue weighted by molar-refractivity contribution is 6.39. The molecule has 0 unspecified atom stereocenters. The first kappa shape index (κ1) is 12.6. The quantitative estimate of drug-likeness (QED) is 0.875. The highest BCUT2D eigenvalue weighted by Crippen LogP contribution is 2.37. The molecule has 5 nitrogen and oxygen atoms in total. The molecule has 2 aromatic carbocycles. The van der Waals surface area contributed by atoms with Crippen molar-refractivity contribution < 1.29 is 24.2 Å². The van der Waals surface area contributed by atoms with Gasteiger partial charge in [0.1, 0.15) is 5.75 Å². The molecule has 1 aliphatic heterocycles. The Kier molecular flexibility index (Phi) is 2.56. The van der Waals surface area contributed by atoms with Crippen molar-refractivity contribution in [2.45, 2.75) is 0 Å². The number of allylic oxidation sites excluding steroid dienone is 2. The van der Waals surface area contributed by atoms with Crippen LogP contribution in [0.2, 0.25) is 0 Å². The average molecular weight is 294 g/mol. The van der Waals surface area contributed by atoms with Gasteiger partial charge < -0.3 is 14.6 Å². The number of rotatable bonds is 1. The molecular weight excluding hydrogens is 284 g/mol. The highest BCUT2D eigenvalue weighted by Gasteiger charge is 2.29. The molecule has 0 bridgehead atoms. The Hall–Kier alpha value is -3.08. The van der Waals surface area contributed by atoms with E-state index in [0.29, 0.717) is 17.1 Å². The van der Waals surface area contributed by atoms with Crippen LogP contribution in [0.15, 0.2) is 42.5 Å². The Morgan fingerprint density at radius 2 is 1.82 bits per heavy atom. The van der Waals surface area contributed by atoms with Crippen LogP contribution in [-0.2, 0) is 0 Å². The van der Waals surface area contributed by atoms with Crippen LogP contribution >= 0.6 is 0 Å². The first-order valence-electron chi connectivity index (χ1n) is 6.68.